The van der Waals surface area contributed by atoms with Crippen molar-refractivity contribution in [3.05, 3.63) is 0 Å². The number of nitrogens with one attached hydrogen (secondary N) is 1. The van der Waals surface area contributed by atoms with Crippen LogP contribution in [0.2, 0.25) is 0 Å². The summed E-state index contributed by atoms with van der Waals surface area (Å²) in [5.41, 5.74) is 2.73. The van der Waals surface area contributed by atoms with Crippen molar-refractivity contribution in [3.63, 3.8) is 0 Å². The first-order valence-corrected chi connectivity index (χ1v) is 7.35. The third-order valence-electron chi connectivity index (χ3n) is 4.11. The molecule has 2 heterocycles. The first-order valence-electron chi connectivity index (χ1n) is 7.35. The van der Waals surface area contributed by atoms with E-state index >= 15 is 0 Å². The van der Waals surface area contributed by atoms with E-state index in [-0.39, 0.29) is 0 Å². The summed E-state index contributed by atoms with van der Waals surface area (Å²) in [6, 6.07) is 0.780. The van der Waals surface area contributed by atoms with Crippen LogP contribution in [0.3, 0.4) is 0 Å². The predicted molar refractivity (Wildman–Crippen MR) is 75.3 cm³/mol. The number of guanidine groups is 1. The van der Waals surface area contributed by atoms with E-state index in [1.807, 2.05) is 6.92 Å². The Kier molecular flexibility index (Phi) is 5.26. The number of piperidine rings is 2. The molecule has 5 heteroatoms. The quantitative estimate of drug-likeness (QED) is 0.330. The van der Waals surface area contributed by atoms with Crippen LogP contribution in [0.1, 0.15) is 39.0 Å². The Morgan fingerprint density at radius 3 is 2.39 bits per heavy atom. The van der Waals surface area contributed by atoms with E-state index in [1.165, 1.54) is 45.2 Å². The molecule has 0 bridgehead atoms. The van der Waals surface area contributed by atoms with E-state index in [0.29, 0.717) is 0 Å². The number of rotatable bonds is 2. The molecule has 0 amide bonds. The SMILES string of the molecule is CCN=C(NN)N1CCC(N2CCCCC2)CC1. The minimum atomic E-state index is 0.780. The van der Waals surface area contributed by atoms with Gasteiger partial charge in [0.25, 0.3) is 0 Å². The van der Waals surface area contributed by atoms with E-state index in [0.717, 1.165) is 31.6 Å². The Hall–Kier alpha value is -0.810. The highest BCUT2D eigenvalue weighted by Gasteiger charge is 2.26. The van der Waals surface area contributed by atoms with Gasteiger partial charge in [-0.25, -0.2) is 5.84 Å². The molecule has 0 unspecified atom stereocenters. The lowest BCUT2D eigenvalue weighted by atomic mass is 10.00. The lowest BCUT2D eigenvalue weighted by Gasteiger charge is -2.40. The van der Waals surface area contributed by atoms with Crippen LogP contribution in [-0.2, 0) is 0 Å². The number of nitrogens with zero attached hydrogens (tertiary/aromatic N) is 3. The summed E-state index contributed by atoms with van der Waals surface area (Å²) in [7, 11) is 0. The molecule has 0 aromatic rings. The first kappa shape index (κ1) is 13.6. The Balaban J connectivity index is 1.81. The number of nitrogens with two attached hydrogens (primary N) is 1. The molecule has 2 fully saturated rings. The van der Waals surface area contributed by atoms with Gasteiger partial charge in [-0.2, -0.15) is 0 Å². The maximum absolute atomic E-state index is 5.53. The largest absolute Gasteiger partial charge is 0.342 e. The van der Waals surface area contributed by atoms with Gasteiger partial charge in [-0.1, -0.05) is 6.42 Å². The van der Waals surface area contributed by atoms with E-state index in [4.69, 9.17) is 5.84 Å². The second-order valence-corrected chi connectivity index (χ2v) is 5.26. The highest BCUT2D eigenvalue weighted by Crippen LogP contribution is 2.20. The Morgan fingerprint density at radius 2 is 1.83 bits per heavy atom. The maximum atomic E-state index is 5.53. The topological polar surface area (TPSA) is 56.9 Å². The van der Waals surface area contributed by atoms with Crippen LogP contribution < -0.4 is 11.3 Å². The highest BCUT2D eigenvalue weighted by molar-refractivity contribution is 5.79. The van der Waals surface area contributed by atoms with Crippen LogP contribution in [-0.4, -0.2) is 54.5 Å². The number of hydrogen-bond donors (Lipinski definition) is 2. The minimum Gasteiger partial charge on any atom is -0.342 e. The van der Waals surface area contributed by atoms with Crippen molar-refractivity contribution in [1.29, 1.82) is 0 Å². The van der Waals surface area contributed by atoms with Crippen molar-refractivity contribution in [2.45, 2.75) is 45.1 Å². The molecule has 2 aliphatic rings. The summed E-state index contributed by atoms with van der Waals surface area (Å²) in [4.78, 5) is 9.37. The van der Waals surface area contributed by atoms with Crippen molar-refractivity contribution in [1.82, 2.24) is 15.2 Å². The van der Waals surface area contributed by atoms with Crippen molar-refractivity contribution in [2.75, 3.05) is 32.7 Å². The van der Waals surface area contributed by atoms with E-state index in [1.54, 1.807) is 0 Å². The van der Waals surface area contributed by atoms with Gasteiger partial charge >= 0.3 is 0 Å². The summed E-state index contributed by atoms with van der Waals surface area (Å²) in [6.45, 7) is 7.57. The van der Waals surface area contributed by atoms with E-state index in [9.17, 15) is 0 Å². The third kappa shape index (κ3) is 3.36. The lowest BCUT2D eigenvalue weighted by molar-refractivity contribution is 0.114. The first-order chi connectivity index (χ1) is 8.85. The zero-order chi connectivity index (χ0) is 12.8. The summed E-state index contributed by atoms with van der Waals surface area (Å²) in [5, 5.41) is 0. The molecule has 0 atom stereocenters. The minimum absolute atomic E-state index is 0.780. The van der Waals surface area contributed by atoms with Crippen LogP contribution in [0.4, 0.5) is 0 Å². The standard InChI is InChI=1S/C13H27N5/c1-2-15-13(16-14)18-10-6-12(7-11-18)17-8-4-3-5-9-17/h12H,2-11,14H2,1H3,(H,15,16). The molecule has 2 aliphatic heterocycles. The molecule has 2 rings (SSSR count). The average Bonchev–Trinajstić information content (AvgIpc) is 2.46. The number of likely N-dealkylation sites (tertiary alicyclic amines) is 2. The maximum Gasteiger partial charge on any atom is 0.208 e. The van der Waals surface area contributed by atoms with Crippen molar-refractivity contribution in [3.8, 4) is 0 Å². The molecule has 0 saturated carbocycles. The van der Waals surface area contributed by atoms with Gasteiger partial charge in [0.1, 0.15) is 0 Å². The van der Waals surface area contributed by atoms with Gasteiger partial charge in [-0.15, -0.1) is 0 Å². The van der Waals surface area contributed by atoms with Gasteiger partial charge in [0, 0.05) is 25.7 Å². The van der Waals surface area contributed by atoms with Crippen LogP contribution in [0, 0.1) is 0 Å². The van der Waals surface area contributed by atoms with E-state index < -0.39 is 0 Å². The fourth-order valence-corrected chi connectivity index (χ4v) is 3.11. The molecule has 0 aromatic heterocycles. The molecule has 5 nitrogen and oxygen atoms in total. The molecule has 2 saturated heterocycles. The highest BCUT2D eigenvalue weighted by atomic mass is 15.4. The zero-order valence-electron chi connectivity index (χ0n) is 11.6. The molecule has 104 valence electrons. The molecule has 0 aromatic carbocycles. The van der Waals surface area contributed by atoms with Gasteiger partial charge in [-0.3, -0.25) is 10.4 Å². The lowest BCUT2D eigenvalue weighted by Crippen LogP contribution is -2.52. The molecule has 0 spiro atoms. The number of hydrogen-bond acceptors (Lipinski definition) is 3. The second-order valence-electron chi connectivity index (χ2n) is 5.26. The third-order valence-corrected chi connectivity index (χ3v) is 4.11. The van der Waals surface area contributed by atoms with Crippen molar-refractivity contribution >= 4 is 5.96 Å². The van der Waals surface area contributed by atoms with Crippen LogP contribution in [0.15, 0.2) is 4.99 Å². The number of hydrazine groups is 1. The van der Waals surface area contributed by atoms with Crippen molar-refractivity contribution < 1.29 is 0 Å². The summed E-state index contributed by atoms with van der Waals surface area (Å²) >= 11 is 0. The van der Waals surface area contributed by atoms with Gasteiger partial charge in [-0.05, 0) is 45.7 Å². The Bertz CT molecular complexity index is 265. The van der Waals surface area contributed by atoms with Crippen LogP contribution in [0.25, 0.3) is 0 Å². The van der Waals surface area contributed by atoms with Gasteiger partial charge in [0.2, 0.25) is 5.96 Å². The molecular formula is C13H27N5. The molecule has 18 heavy (non-hydrogen) atoms. The molecular weight excluding hydrogens is 226 g/mol. The molecule has 0 aliphatic carbocycles. The molecule has 0 radical (unpaired) electrons. The average molecular weight is 253 g/mol. The summed E-state index contributed by atoms with van der Waals surface area (Å²) in [5.74, 6) is 6.39. The summed E-state index contributed by atoms with van der Waals surface area (Å²) in [6.07, 6.45) is 6.66. The van der Waals surface area contributed by atoms with Crippen molar-refractivity contribution in [2.24, 2.45) is 10.8 Å². The molecule has 3 N–H and O–H groups in total. The Morgan fingerprint density at radius 1 is 1.17 bits per heavy atom. The van der Waals surface area contributed by atoms with E-state index in [2.05, 4.69) is 20.2 Å². The fraction of sp³-hybridized carbons (Fsp3) is 0.923. The van der Waals surface area contributed by atoms with Crippen LogP contribution >= 0.6 is 0 Å². The second kappa shape index (κ2) is 6.95. The van der Waals surface area contributed by atoms with Crippen LogP contribution in [0.5, 0.6) is 0 Å². The monoisotopic (exact) mass is 253 g/mol. The number of aliphatic imine (C=N–C) groups is 1. The van der Waals surface area contributed by atoms with Gasteiger partial charge in [0.05, 0.1) is 0 Å². The Labute approximate surface area is 110 Å². The summed E-state index contributed by atoms with van der Waals surface area (Å²) < 4.78 is 0. The fourth-order valence-electron chi connectivity index (χ4n) is 3.11. The smallest absolute Gasteiger partial charge is 0.208 e. The zero-order valence-corrected chi connectivity index (χ0v) is 11.6. The van der Waals surface area contributed by atoms with Gasteiger partial charge in [0.15, 0.2) is 0 Å². The van der Waals surface area contributed by atoms with Gasteiger partial charge < -0.3 is 9.80 Å². The normalized spacial score (nSPS) is 24.3. The predicted octanol–water partition coefficient (Wildman–Crippen LogP) is 0.776.